The molecule has 17 heavy (non-hydrogen) atoms. The van der Waals surface area contributed by atoms with Gasteiger partial charge in [0, 0.05) is 12.6 Å². The van der Waals surface area contributed by atoms with Gasteiger partial charge in [0.2, 0.25) is 10.0 Å². The first-order valence-corrected chi connectivity index (χ1v) is 8.35. The van der Waals surface area contributed by atoms with Gasteiger partial charge in [-0.25, -0.2) is 13.1 Å². The molecule has 2 aliphatic rings. The summed E-state index contributed by atoms with van der Waals surface area (Å²) in [6, 6.07) is 0.722. The third kappa shape index (κ3) is 5.36. The van der Waals surface area contributed by atoms with E-state index in [4.69, 9.17) is 0 Å². The van der Waals surface area contributed by atoms with Gasteiger partial charge in [0.1, 0.15) is 0 Å². The van der Waals surface area contributed by atoms with E-state index in [1.807, 2.05) is 0 Å². The Kier molecular flexibility index (Phi) is 4.10. The van der Waals surface area contributed by atoms with Crippen LogP contribution in [0.3, 0.4) is 0 Å². The van der Waals surface area contributed by atoms with Crippen molar-refractivity contribution in [3.63, 3.8) is 0 Å². The number of sulfonamides is 1. The molecule has 0 radical (unpaired) electrons. The van der Waals surface area contributed by atoms with Crippen LogP contribution in [-0.4, -0.2) is 33.3 Å². The lowest BCUT2D eigenvalue weighted by Crippen LogP contribution is -2.31. The number of hydrogen-bond donors (Lipinski definition) is 2. The van der Waals surface area contributed by atoms with Crippen LogP contribution in [-0.2, 0) is 10.0 Å². The smallest absolute Gasteiger partial charge is 0.211 e. The van der Waals surface area contributed by atoms with Crippen LogP contribution in [0.4, 0.5) is 0 Å². The maximum atomic E-state index is 11.7. The molecule has 0 saturated heterocycles. The maximum absolute atomic E-state index is 11.7. The summed E-state index contributed by atoms with van der Waals surface area (Å²) in [6.07, 6.45) is 6.60. The Morgan fingerprint density at radius 3 is 2.53 bits per heavy atom. The molecule has 0 spiro atoms. The Hall–Kier alpha value is -0.130. The molecule has 0 aromatic carbocycles. The van der Waals surface area contributed by atoms with Gasteiger partial charge in [0.15, 0.2) is 0 Å². The van der Waals surface area contributed by atoms with E-state index >= 15 is 0 Å². The van der Waals surface area contributed by atoms with Crippen molar-refractivity contribution in [2.24, 2.45) is 5.41 Å². The number of nitrogens with one attached hydrogen (secondary N) is 2. The topological polar surface area (TPSA) is 58.2 Å². The van der Waals surface area contributed by atoms with Crippen LogP contribution in [0, 0.1) is 5.41 Å². The molecule has 0 aliphatic heterocycles. The first kappa shape index (κ1) is 13.3. The van der Waals surface area contributed by atoms with Crippen LogP contribution < -0.4 is 10.0 Å². The molecule has 0 atom stereocenters. The van der Waals surface area contributed by atoms with Gasteiger partial charge in [-0.15, -0.1) is 0 Å². The van der Waals surface area contributed by atoms with Crippen molar-refractivity contribution >= 4 is 10.0 Å². The lowest BCUT2D eigenvalue weighted by atomic mass is 10.2. The number of hydrogen-bond acceptors (Lipinski definition) is 3. The van der Waals surface area contributed by atoms with Gasteiger partial charge >= 0.3 is 0 Å². The Morgan fingerprint density at radius 2 is 1.94 bits per heavy atom. The molecular formula is C12H24N2O2S. The van der Waals surface area contributed by atoms with Gasteiger partial charge in [0.05, 0.1) is 5.75 Å². The van der Waals surface area contributed by atoms with E-state index in [1.54, 1.807) is 0 Å². The Labute approximate surface area is 105 Å². The average molecular weight is 260 g/mol. The lowest BCUT2D eigenvalue weighted by Gasteiger charge is -2.10. The Morgan fingerprint density at radius 1 is 1.24 bits per heavy atom. The molecule has 0 bridgehead atoms. The molecule has 2 fully saturated rings. The largest absolute Gasteiger partial charge is 0.314 e. The zero-order valence-electron chi connectivity index (χ0n) is 10.7. The third-order valence-electron chi connectivity index (χ3n) is 3.67. The number of unbranched alkanes of at least 4 members (excludes halogenated alkanes) is 1. The van der Waals surface area contributed by atoms with E-state index in [-0.39, 0.29) is 11.2 Å². The van der Waals surface area contributed by atoms with Crippen LogP contribution in [0.25, 0.3) is 0 Å². The van der Waals surface area contributed by atoms with Gasteiger partial charge in [-0.3, -0.25) is 0 Å². The summed E-state index contributed by atoms with van der Waals surface area (Å²) >= 11 is 0. The lowest BCUT2D eigenvalue weighted by molar-refractivity contribution is 0.527. The van der Waals surface area contributed by atoms with E-state index < -0.39 is 10.0 Å². The molecule has 100 valence electrons. The van der Waals surface area contributed by atoms with E-state index in [0.717, 1.165) is 38.3 Å². The van der Waals surface area contributed by atoms with Gasteiger partial charge in [-0.2, -0.15) is 0 Å². The number of rotatable bonds is 9. The summed E-state index contributed by atoms with van der Waals surface area (Å²) in [6.45, 7) is 3.71. The predicted molar refractivity (Wildman–Crippen MR) is 69.4 cm³/mol. The molecule has 5 heteroatoms. The fourth-order valence-corrected chi connectivity index (χ4v) is 3.05. The van der Waals surface area contributed by atoms with Gasteiger partial charge in [-0.05, 0) is 50.5 Å². The molecule has 0 aromatic heterocycles. The van der Waals surface area contributed by atoms with E-state index in [1.165, 1.54) is 12.8 Å². The molecule has 0 heterocycles. The minimum Gasteiger partial charge on any atom is -0.314 e. The minimum atomic E-state index is -3.04. The second-order valence-corrected chi connectivity index (χ2v) is 7.81. The monoisotopic (exact) mass is 260 g/mol. The van der Waals surface area contributed by atoms with Crippen LogP contribution in [0.15, 0.2) is 0 Å². The molecule has 2 rings (SSSR count). The van der Waals surface area contributed by atoms with Crippen LogP contribution in [0.2, 0.25) is 0 Å². The van der Waals surface area contributed by atoms with Gasteiger partial charge in [0.25, 0.3) is 0 Å². The fraction of sp³-hybridized carbons (Fsp3) is 1.00. The van der Waals surface area contributed by atoms with Crippen molar-refractivity contribution in [3.05, 3.63) is 0 Å². The Bertz CT molecular complexity index is 346. The van der Waals surface area contributed by atoms with E-state index in [9.17, 15) is 8.42 Å². The second-order valence-electron chi connectivity index (χ2n) is 5.89. The summed E-state index contributed by atoms with van der Waals surface area (Å²) < 4.78 is 26.1. The Balaban J connectivity index is 1.52. The van der Waals surface area contributed by atoms with Crippen molar-refractivity contribution in [1.82, 2.24) is 10.0 Å². The standard InChI is InChI=1S/C12H24N2O2S/c1-12(6-7-12)10-14-17(15,16)9-3-2-8-13-11-4-5-11/h11,13-14H,2-10H2,1H3. The van der Waals surface area contributed by atoms with Crippen LogP contribution in [0.1, 0.15) is 45.4 Å². The van der Waals surface area contributed by atoms with Crippen molar-refractivity contribution < 1.29 is 8.42 Å². The van der Waals surface area contributed by atoms with Crippen LogP contribution in [0.5, 0.6) is 0 Å². The highest BCUT2D eigenvalue weighted by atomic mass is 32.2. The zero-order chi connectivity index (χ0) is 12.4. The summed E-state index contributed by atoms with van der Waals surface area (Å²) in [5.41, 5.74) is 0.251. The van der Waals surface area contributed by atoms with Crippen LogP contribution >= 0.6 is 0 Å². The molecule has 0 amide bonds. The zero-order valence-corrected chi connectivity index (χ0v) is 11.5. The average Bonchev–Trinajstić information content (AvgIpc) is 3.14. The highest BCUT2D eigenvalue weighted by Gasteiger charge is 2.37. The molecule has 2 aliphatic carbocycles. The predicted octanol–water partition coefficient (Wildman–Crippen LogP) is 1.24. The quantitative estimate of drug-likeness (QED) is 0.613. The van der Waals surface area contributed by atoms with E-state index in [2.05, 4.69) is 17.0 Å². The fourth-order valence-electron chi connectivity index (χ4n) is 1.76. The molecule has 0 unspecified atom stereocenters. The normalized spacial score (nSPS) is 22.6. The molecule has 2 N–H and O–H groups in total. The molecule has 2 saturated carbocycles. The van der Waals surface area contributed by atoms with Crippen molar-refractivity contribution in [2.45, 2.75) is 51.5 Å². The summed E-state index contributed by atoms with van der Waals surface area (Å²) in [4.78, 5) is 0. The maximum Gasteiger partial charge on any atom is 0.211 e. The first-order chi connectivity index (χ1) is 7.99. The second kappa shape index (κ2) is 5.24. The summed E-state index contributed by atoms with van der Waals surface area (Å²) in [7, 11) is -3.04. The minimum absolute atomic E-state index is 0.251. The summed E-state index contributed by atoms with van der Waals surface area (Å²) in [5, 5.41) is 3.39. The summed E-state index contributed by atoms with van der Waals surface area (Å²) in [5.74, 6) is 0.273. The van der Waals surface area contributed by atoms with E-state index in [0.29, 0.717) is 6.54 Å². The molecular weight excluding hydrogens is 236 g/mol. The third-order valence-corrected chi connectivity index (χ3v) is 5.08. The van der Waals surface area contributed by atoms with Crippen molar-refractivity contribution in [1.29, 1.82) is 0 Å². The van der Waals surface area contributed by atoms with Crippen molar-refractivity contribution in [2.75, 3.05) is 18.8 Å². The van der Waals surface area contributed by atoms with Gasteiger partial charge < -0.3 is 5.32 Å². The molecule has 4 nitrogen and oxygen atoms in total. The van der Waals surface area contributed by atoms with Crippen molar-refractivity contribution in [3.8, 4) is 0 Å². The SMILES string of the molecule is CC1(CNS(=O)(=O)CCCCNC2CC2)CC1. The highest BCUT2D eigenvalue weighted by molar-refractivity contribution is 7.89. The van der Waals surface area contributed by atoms with Gasteiger partial charge in [-0.1, -0.05) is 6.92 Å². The first-order valence-electron chi connectivity index (χ1n) is 6.70. The molecule has 0 aromatic rings. The highest BCUT2D eigenvalue weighted by Crippen LogP contribution is 2.44.